The Hall–Kier alpha value is -4.22. The molecule has 0 spiro atoms. The van der Waals surface area contributed by atoms with Crippen LogP contribution in [0.2, 0.25) is 0 Å². The summed E-state index contributed by atoms with van der Waals surface area (Å²) in [6.45, 7) is 8.21. The van der Waals surface area contributed by atoms with Crippen LogP contribution in [0.1, 0.15) is 103 Å². The van der Waals surface area contributed by atoms with Crippen LogP contribution >= 0.6 is 0 Å². The molecule has 12 heteroatoms. The van der Waals surface area contributed by atoms with E-state index in [4.69, 9.17) is 0 Å². The maximum absolute atomic E-state index is 14.8. The van der Waals surface area contributed by atoms with Crippen LogP contribution in [0, 0.1) is 40.9 Å². The van der Waals surface area contributed by atoms with Crippen molar-refractivity contribution in [2.24, 2.45) is 40.9 Å². The van der Waals surface area contributed by atoms with Crippen molar-refractivity contribution in [2.45, 2.75) is 128 Å². The third kappa shape index (κ3) is 8.48. The fourth-order valence-electron chi connectivity index (χ4n) is 11.6. The number of nitrogens with zero attached hydrogens (tertiary/aromatic N) is 1. The average Bonchev–Trinajstić information content (AvgIpc) is 3.46. The molecule has 298 valence electrons. The third-order valence-electron chi connectivity index (χ3n) is 14.1. The van der Waals surface area contributed by atoms with Crippen LogP contribution in [0.4, 0.5) is 4.79 Å². The third-order valence-corrected chi connectivity index (χ3v) is 14.1. The number of fused-ring (bicyclic) bond motifs is 1. The van der Waals surface area contributed by atoms with Crippen LogP contribution in [-0.4, -0.2) is 77.1 Å². The van der Waals surface area contributed by atoms with Gasteiger partial charge in [-0.15, -0.1) is 6.58 Å². The van der Waals surface area contributed by atoms with E-state index in [0.717, 1.165) is 56.9 Å². The number of urea groups is 1. The molecule has 55 heavy (non-hydrogen) atoms. The molecule has 4 bridgehead atoms. The van der Waals surface area contributed by atoms with E-state index in [2.05, 4.69) is 47.0 Å². The molecule has 1 aromatic carbocycles. The number of carbonyl (C=O) groups is 6. The van der Waals surface area contributed by atoms with E-state index >= 15 is 0 Å². The van der Waals surface area contributed by atoms with Gasteiger partial charge in [-0.1, -0.05) is 69.5 Å². The van der Waals surface area contributed by atoms with Crippen molar-refractivity contribution >= 4 is 35.4 Å². The smallest absolute Gasteiger partial charge is 0.315 e. The summed E-state index contributed by atoms with van der Waals surface area (Å²) in [4.78, 5) is 83.6. The topological polar surface area (TPSA) is 166 Å². The van der Waals surface area contributed by atoms with Crippen molar-refractivity contribution in [3.8, 4) is 0 Å². The number of nitrogens with one attached hydrogen (secondary N) is 5. The second-order valence-corrected chi connectivity index (χ2v) is 18.3. The maximum Gasteiger partial charge on any atom is 0.315 e. The van der Waals surface area contributed by atoms with Gasteiger partial charge in [-0.05, 0) is 111 Å². The molecule has 5 N–H and O–H groups in total. The Balaban J connectivity index is 1.02. The largest absolute Gasteiger partial charge is 0.350 e. The number of allylic oxidation sites excluding steroid dienone is 1. The summed E-state index contributed by atoms with van der Waals surface area (Å²) < 4.78 is 0. The lowest BCUT2D eigenvalue weighted by atomic mass is 9.53. The van der Waals surface area contributed by atoms with Crippen LogP contribution in [0.3, 0.4) is 0 Å². The van der Waals surface area contributed by atoms with Gasteiger partial charge in [-0.2, -0.15) is 0 Å². The van der Waals surface area contributed by atoms with Gasteiger partial charge in [-0.3, -0.25) is 24.0 Å². The van der Waals surface area contributed by atoms with Gasteiger partial charge in [0.25, 0.3) is 5.91 Å². The number of ketones is 1. The molecule has 7 fully saturated rings. The van der Waals surface area contributed by atoms with Crippen LogP contribution in [0.5, 0.6) is 0 Å². The highest BCUT2D eigenvalue weighted by atomic mass is 16.2. The SMILES string of the molecule is C=CCC[C@H](NC(=O)[C@@H]1[C@@H]2[C@H](CN1C(=O)[C@@H](NC(=O)NC13CC4CC(CC(C4)C1)C3)C1CCCCC1)C2(C)C)C(=O)C(=O)NCC(=O)NCc1ccccc1. The lowest BCUT2D eigenvalue weighted by Gasteiger charge is -2.56. The van der Waals surface area contributed by atoms with Gasteiger partial charge >= 0.3 is 6.03 Å². The average molecular weight is 757 g/mol. The Morgan fingerprint density at radius 2 is 1.55 bits per heavy atom. The van der Waals surface area contributed by atoms with Crippen LogP contribution < -0.4 is 26.6 Å². The van der Waals surface area contributed by atoms with E-state index in [0.29, 0.717) is 30.7 Å². The Labute approximate surface area is 325 Å². The van der Waals surface area contributed by atoms with E-state index in [1.807, 2.05) is 30.3 Å². The van der Waals surface area contributed by atoms with Crippen molar-refractivity contribution in [1.29, 1.82) is 0 Å². The number of hydrogen-bond donors (Lipinski definition) is 5. The second-order valence-electron chi connectivity index (χ2n) is 18.3. The molecule has 7 aliphatic rings. The first-order valence-corrected chi connectivity index (χ1v) is 20.8. The molecule has 6 amide bonds. The molecular formula is C43H60N6O6. The van der Waals surface area contributed by atoms with Crippen LogP contribution in [0.25, 0.3) is 0 Å². The predicted molar refractivity (Wildman–Crippen MR) is 207 cm³/mol. The van der Waals surface area contributed by atoms with E-state index < -0.39 is 48.2 Å². The summed E-state index contributed by atoms with van der Waals surface area (Å²) in [5.41, 5.74) is 0.507. The van der Waals surface area contributed by atoms with Crippen LogP contribution in [-0.2, 0) is 30.5 Å². The Morgan fingerprint density at radius 3 is 2.18 bits per heavy atom. The number of rotatable bonds is 15. The molecular weight excluding hydrogens is 697 g/mol. The van der Waals surface area contributed by atoms with Crippen molar-refractivity contribution < 1.29 is 28.8 Å². The minimum Gasteiger partial charge on any atom is -0.350 e. The zero-order chi connectivity index (χ0) is 38.9. The van der Waals surface area contributed by atoms with Crippen molar-refractivity contribution in [2.75, 3.05) is 13.1 Å². The number of hydrogen-bond acceptors (Lipinski definition) is 6. The Morgan fingerprint density at radius 1 is 0.891 bits per heavy atom. The highest BCUT2D eigenvalue weighted by molar-refractivity contribution is 6.38. The molecule has 1 aliphatic heterocycles. The lowest BCUT2D eigenvalue weighted by molar-refractivity contribution is -0.145. The molecule has 0 radical (unpaired) electrons. The number of piperidine rings is 1. The number of benzene rings is 1. The maximum atomic E-state index is 14.8. The molecule has 1 saturated heterocycles. The normalized spacial score (nSPS) is 31.0. The molecule has 1 aromatic rings. The van der Waals surface area contributed by atoms with Gasteiger partial charge in [-0.25, -0.2) is 4.79 Å². The summed E-state index contributed by atoms with van der Waals surface area (Å²) in [7, 11) is 0. The molecule has 12 nitrogen and oxygen atoms in total. The first kappa shape index (κ1) is 39.0. The van der Waals surface area contributed by atoms with E-state index in [1.54, 1.807) is 11.0 Å². The van der Waals surface area contributed by atoms with Crippen molar-refractivity contribution in [3.63, 3.8) is 0 Å². The van der Waals surface area contributed by atoms with E-state index in [1.165, 1.54) is 19.3 Å². The number of Topliss-reactive ketones (excluding diaryl/α,β-unsaturated/α-hetero) is 1. The van der Waals surface area contributed by atoms with Crippen molar-refractivity contribution in [3.05, 3.63) is 48.6 Å². The number of carbonyl (C=O) groups excluding carboxylic acids is 6. The molecule has 0 aromatic heterocycles. The number of likely N-dealkylation sites (tertiary alicyclic amines) is 1. The molecule has 8 rings (SSSR count). The zero-order valence-electron chi connectivity index (χ0n) is 32.6. The number of amides is 6. The summed E-state index contributed by atoms with van der Waals surface area (Å²) >= 11 is 0. The molecule has 0 unspecified atom stereocenters. The summed E-state index contributed by atoms with van der Waals surface area (Å²) in [5, 5.41) is 14.5. The van der Waals surface area contributed by atoms with Gasteiger partial charge in [0, 0.05) is 18.6 Å². The summed E-state index contributed by atoms with van der Waals surface area (Å²) in [5.74, 6) is -1.08. The minimum atomic E-state index is -1.17. The van der Waals surface area contributed by atoms with Crippen molar-refractivity contribution in [1.82, 2.24) is 31.5 Å². The second kappa shape index (κ2) is 16.1. The highest BCUT2D eigenvalue weighted by Gasteiger charge is 2.70. The zero-order valence-corrected chi connectivity index (χ0v) is 32.6. The van der Waals surface area contributed by atoms with E-state index in [-0.39, 0.29) is 53.6 Å². The van der Waals surface area contributed by atoms with Gasteiger partial charge in [0.05, 0.1) is 12.6 Å². The Bertz CT molecular complexity index is 1620. The van der Waals surface area contributed by atoms with E-state index in [9.17, 15) is 28.8 Å². The highest BCUT2D eigenvalue weighted by Crippen LogP contribution is 2.65. The first-order chi connectivity index (χ1) is 26.4. The monoisotopic (exact) mass is 756 g/mol. The van der Waals surface area contributed by atoms with Gasteiger partial charge in [0.15, 0.2) is 0 Å². The Kier molecular flexibility index (Phi) is 11.4. The minimum absolute atomic E-state index is 0.0347. The van der Waals surface area contributed by atoms with Gasteiger partial charge < -0.3 is 31.5 Å². The fourth-order valence-corrected chi connectivity index (χ4v) is 11.6. The molecule has 6 aliphatic carbocycles. The lowest BCUT2D eigenvalue weighted by Crippen LogP contribution is -2.64. The first-order valence-electron chi connectivity index (χ1n) is 20.8. The standard InChI is InChI=1S/C43H60N6O6/c1-4-5-16-32(37(51)39(53)45-24-33(50)44-23-26-12-8-6-9-13-26)46-38(52)36-34-31(42(34,2)3)25-49(36)40(54)35(30-14-10-7-11-15-30)47-41(55)48-43-20-27-17-28(21-43)19-29(18-27)22-43/h4,6,8-9,12-13,27-32,34-36H,1,5,7,10-11,14-25H2,2-3H3,(H,44,50)(H,45,53)(H,46,52)(H2,47,48,55)/t27?,28?,29?,31-,32-,34-,35-,36-,43?/m0/s1. The molecule has 5 atom stereocenters. The quantitative estimate of drug-likeness (QED) is 0.133. The predicted octanol–water partition coefficient (Wildman–Crippen LogP) is 4.14. The fraction of sp³-hybridized carbons (Fsp3) is 0.674. The molecule has 1 heterocycles. The summed E-state index contributed by atoms with van der Waals surface area (Å²) in [6.07, 6.45) is 13.6. The van der Waals surface area contributed by atoms with Crippen LogP contribution in [0.15, 0.2) is 43.0 Å². The van der Waals surface area contributed by atoms with Gasteiger partial charge in [0.2, 0.25) is 23.5 Å². The summed E-state index contributed by atoms with van der Waals surface area (Å²) in [6, 6.07) is 6.26. The van der Waals surface area contributed by atoms with Gasteiger partial charge in [0.1, 0.15) is 12.1 Å². The molecule has 6 saturated carbocycles.